The number of nitrogens with one attached hydrogen (secondary N) is 3. The van der Waals surface area contributed by atoms with Crippen molar-refractivity contribution in [2.24, 2.45) is 11.5 Å². The van der Waals surface area contributed by atoms with Gasteiger partial charge >= 0.3 is 0 Å². The number of fused-ring (bicyclic) bond motifs is 8. The SMILES string of the molecule is NC(=O)c1ccc(-n2c3ccccc3c3c(-c4nc5ccc(F)cc5[nH]4)cccc32)cc1N.NC(=O)c1ccc(-n2c3ccccc3c3c(-c4nc5ccc(F)cc5[nH]4)cccc32)cc1NCCN1CCCC1. The fraction of sp³-hybridized carbons (Fsp3) is 0.103. The van der Waals surface area contributed by atoms with Crippen molar-refractivity contribution in [2.45, 2.75) is 12.8 Å². The maximum Gasteiger partial charge on any atom is 0.250 e. The van der Waals surface area contributed by atoms with Crippen LogP contribution in [0.25, 0.3) is 99.8 Å². The summed E-state index contributed by atoms with van der Waals surface area (Å²) in [5, 5.41) is 7.63. The van der Waals surface area contributed by atoms with Gasteiger partial charge in [-0.05, 0) is 123 Å². The average molecular weight is 968 g/mol. The van der Waals surface area contributed by atoms with Gasteiger partial charge in [-0.1, -0.05) is 60.7 Å². The number of benzene rings is 8. The second-order valence-electron chi connectivity index (χ2n) is 18.3. The molecule has 12 aromatic rings. The molecule has 0 spiro atoms. The Labute approximate surface area is 415 Å². The quantitative estimate of drug-likeness (QED) is 0.0734. The lowest BCUT2D eigenvalue weighted by Crippen LogP contribution is -2.26. The third-order valence-corrected chi connectivity index (χ3v) is 13.8. The minimum Gasteiger partial charge on any atom is -0.398 e. The average Bonchev–Trinajstić information content (AvgIpc) is 4.25. The van der Waals surface area contributed by atoms with E-state index >= 15 is 0 Å². The minimum atomic E-state index is -0.565. The molecule has 8 aromatic carbocycles. The molecule has 13 nitrogen and oxygen atoms in total. The molecule has 0 bridgehead atoms. The summed E-state index contributed by atoms with van der Waals surface area (Å²) in [7, 11) is 0. The lowest BCUT2D eigenvalue weighted by molar-refractivity contribution is 0.0992. The molecule has 0 radical (unpaired) electrons. The predicted octanol–water partition coefficient (Wildman–Crippen LogP) is 11.2. The number of aromatic amines is 2. The maximum atomic E-state index is 13.9. The molecule has 15 heteroatoms. The first-order valence-corrected chi connectivity index (χ1v) is 24.0. The van der Waals surface area contributed by atoms with Crippen molar-refractivity contribution in [1.29, 1.82) is 0 Å². The Kier molecular flexibility index (Phi) is 11.1. The summed E-state index contributed by atoms with van der Waals surface area (Å²) in [6, 6.07) is 48.5. The van der Waals surface area contributed by atoms with Gasteiger partial charge in [0.2, 0.25) is 0 Å². The Morgan fingerprint density at radius 3 is 1.58 bits per heavy atom. The predicted molar refractivity (Wildman–Crippen MR) is 287 cm³/mol. The van der Waals surface area contributed by atoms with Gasteiger partial charge in [0.1, 0.15) is 23.3 Å². The normalized spacial score (nSPS) is 12.9. The van der Waals surface area contributed by atoms with E-state index in [0.29, 0.717) is 45.0 Å². The van der Waals surface area contributed by atoms with Crippen LogP contribution in [0.2, 0.25) is 0 Å². The van der Waals surface area contributed by atoms with E-state index in [4.69, 9.17) is 27.2 Å². The topological polar surface area (TPSA) is 195 Å². The fourth-order valence-corrected chi connectivity index (χ4v) is 10.5. The van der Waals surface area contributed by atoms with Crippen molar-refractivity contribution in [3.63, 3.8) is 0 Å². The summed E-state index contributed by atoms with van der Waals surface area (Å²) in [5.74, 6) is -0.299. The number of rotatable bonds is 10. The van der Waals surface area contributed by atoms with Crippen LogP contribution in [0.5, 0.6) is 0 Å². The lowest BCUT2D eigenvalue weighted by atomic mass is 10.1. The minimum absolute atomic E-state index is 0.287. The highest BCUT2D eigenvalue weighted by molar-refractivity contribution is 6.17. The van der Waals surface area contributed by atoms with Crippen LogP contribution in [-0.2, 0) is 0 Å². The van der Waals surface area contributed by atoms with Crippen LogP contribution < -0.4 is 22.5 Å². The third kappa shape index (κ3) is 8.01. The molecule has 9 N–H and O–H groups in total. The summed E-state index contributed by atoms with van der Waals surface area (Å²) in [4.78, 5) is 42.4. The Bertz CT molecular complexity index is 4160. The monoisotopic (exact) mass is 967 g/mol. The number of nitrogens with two attached hydrogens (primary N) is 3. The summed E-state index contributed by atoms with van der Waals surface area (Å²) >= 11 is 0. The van der Waals surface area contributed by atoms with E-state index in [1.165, 1.54) is 37.1 Å². The lowest BCUT2D eigenvalue weighted by Gasteiger charge is -2.18. The fourth-order valence-electron chi connectivity index (χ4n) is 10.5. The zero-order valence-corrected chi connectivity index (χ0v) is 39.3. The number of carbonyl (C=O) groups excluding carboxylic acids is 2. The molecular formula is C58H47F2N11O2. The van der Waals surface area contributed by atoms with Crippen LogP contribution in [0.15, 0.2) is 158 Å². The zero-order chi connectivity index (χ0) is 49.9. The zero-order valence-electron chi connectivity index (χ0n) is 39.3. The van der Waals surface area contributed by atoms with Crippen LogP contribution in [-0.4, -0.2) is 72.0 Å². The maximum absolute atomic E-state index is 13.9. The Morgan fingerprint density at radius 2 is 1.05 bits per heavy atom. The number of hydrogen-bond acceptors (Lipinski definition) is 7. The summed E-state index contributed by atoms with van der Waals surface area (Å²) in [6.45, 7) is 3.89. The van der Waals surface area contributed by atoms with Gasteiger partial charge < -0.3 is 46.5 Å². The van der Waals surface area contributed by atoms with Crippen molar-refractivity contribution in [3.05, 3.63) is 180 Å². The number of H-pyrrole nitrogens is 2. The molecule has 0 unspecified atom stereocenters. The number of nitrogen functional groups attached to an aromatic ring is 1. The van der Waals surface area contributed by atoms with Gasteiger partial charge in [0.25, 0.3) is 11.8 Å². The number of likely N-dealkylation sites (tertiary alicyclic amines) is 1. The molecular weight excluding hydrogens is 921 g/mol. The highest BCUT2D eigenvalue weighted by atomic mass is 19.1. The number of aromatic nitrogens is 6. The first-order chi connectivity index (χ1) is 35.6. The summed E-state index contributed by atoms with van der Waals surface area (Å²) in [6.07, 6.45) is 2.48. The first-order valence-electron chi connectivity index (χ1n) is 24.0. The molecule has 2 amide bonds. The number of anilines is 2. The van der Waals surface area contributed by atoms with Gasteiger partial charge in [0.05, 0.1) is 55.3 Å². The number of amides is 2. The number of primary amides is 2. The van der Waals surface area contributed by atoms with Crippen LogP contribution in [0.1, 0.15) is 33.6 Å². The smallest absolute Gasteiger partial charge is 0.250 e. The van der Waals surface area contributed by atoms with Crippen molar-refractivity contribution in [2.75, 3.05) is 37.2 Å². The largest absolute Gasteiger partial charge is 0.398 e. The number of para-hydroxylation sites is 2. The molecule has 1 aliphatic heterocycles. The van der Waals surface area contributed by atoms with E-state index in [1.807, 2.05) is 78.9 Å². The van der Waals surface area contributed by atoms with Crippen LogP contribution >= 0.6 is 0 Å². The highest BCUT2D eigenvalue weighted by Crippen LogP contribution is 2.41. The molecule has 0 saturated carbocycles. The molecule has 0 atom stereocenters. The molecule has 4 aromatic heterocycles. The number of nitrogens with zero attached hydrogens (tertiary/aromatic N) is 5. The number of carbonyl (C=O) groups is 2. The van der Waals surface area contributed by atoms with E-state index in [-0.39, 0.29) is 17.2 Å². The van der Waals surface area contributed by atoms with Crippen molar-refractivity contribution >= 4 is 88.9 Å². The molecule has 1 aliphatic rings. The van der Waals surface area contributed by atoms with Crippen LogP contribution in [0, 0.1) is 11.6 Å². The van der Waals surface area contributed by atoms with E-state index in [2.05, 4.69) is 53.6 Å². The summed E-state index contributed by atoms with van der Waals surface area (Å²) in [5.41, 5.74) is 29.4. The first kappa shape index (κ1) is 44.8. The van der Waals surface area contributed by atoms with Crippen LogP contribution in [0.4, 0.5) is 20.2 Å². The number of halogens is 2. The second-order valence-corrected chi connectivity index (χ2v) is 18.3. The number of hydrogen-bond donors (Lipinski definition) is 6. The molecule has 1 saturated heterocycles. The Morgan fingerprint density at radius 1 is 0.562 bits per heavy atom. The van der Waals surface area contributed by atoms with Crippen LogP contribution in [0.3, 0.4) is 0 Å². The Balaban J connectivity index is 0.000000151. The molecule has 73 heavy (non-hydrogen) atoms. The van der Waals surface area contributed by atoms with Gasteiger partial charge in [-0.3, -0.25) is 9.59 Å². The van der Waals surface area contributed by atoms with Gasteiger partial charge in [0.15, 0.2) is 0 Å². The molecule has 1 fully saturated rings. The summed E-state index contributed by atoms with van der Waals surface area (Å²) < 4.78 is 31.9. The molecule has 360 valence electrons. The van der Waals surface area contributed by atoms with Gasteiger partial charge in [-0.25, -0.2) is 18.7 Å². The Hall–Kier alpha value is -9.34. The third-order valence-electron chi connectivity index (χ3n) is 13.8. The molecule has 0 aliphatic carbocycles. The second kappa shape index (κ2) is 18.1. The van der Waals surface area contributed by atoms with Gasteiger partial charge in [0, 0.05) is 68.5 Å². The van der Waals surface area contributed by atoms with E-state index < -0.39 is 11.8 Å². The molecule has 13 rings (SSSR count). The van der Waals surface area contributed by atoms with Crippen molar-refractivity contribution < 1.29 is 18.4 Å². The van der Waals surface area contributed by atoms with E-state index in [0.717, 1.165) is 98.0 Å². The van der Waals surface area contributed by atoms with Gasteiger partial charge in [-0.2, -0.15) is 0 Å². The van der Waals surface area contributed by atoms with Crippen molar-refractivity contribution in [1.82, 2.24) is 34.0 Å². The van der Waals surface area contributed by atoms with E-state index in [1.54, 1.807) is 30.3 Å². The highest BCUT2D eigenvalue weighted by Gasteiger charge is 2.22. The molecule has 5 heterocycles. The van der Waals surface area contributed by atoms with E-state index in [9.17, 15) is 18.4 Å². The van der Waals surface area contributed by atoms with Gasteiger partial charge in [-0.15, -0.1) is 0 Å². The standard InChI is InChI=1S/C32H29FN6O.C26H18FN5O/c33-20-10-13-25-27(18-20)37-32(36-25)24-7-5-9-29-30(24)23-6-1-2-8-28(23)39(29)21-11-12-22(31(34)40)26(19-21)35-14-17-38-15-3-4-16-38;27-14-8-11-20-21(12-14)31-26(30-20)18-5-3-7-23-24(18)17-4-1-2-6-22(17)32(23)15-9-10-16(25(29)33)19(28)13-15/h1-2,5-13,18-19,35H,3-4,14-17H2,(H2,34,40)(H,36,37);1-13H,28H2,(H2,29,33)(H,30,31). The number of imidazole rings is 2. The van der Waals surface area contributed by atoms with Crippen molar-refractivity contribution in [3.8, 4) is 34.2 Å².